The third-order valence-electron chi connectivity index (χ3n) is 3.92. The van der Waals surface area contributed by atoms with E-state index in [9.17, 15) is 18.0 Å². The van der Waals surface area contributed by atoms with Crippen LogP contribution in [-0.2, 0) is 6.18 Å². The Morgan fingerprint density at radius 2 is 1.71 bits per heavy atom. The quantitative estimate of drug-likeness (QED) is 0.917. The van der Waals surface area contributed by atoms with E-state index in [1.807, 2.05) is 27.7 Å². The van der Waals surface area contributed by atoms with Crippen molar-refractivity contribution >= 4 is 5.91 Å². The molecule has 0 saturated carbocycles. The zero-order chi connectivity index (χ0) is 18.1. The standard InChI is InChI=1S/C17H20F3N3O/c1-11(16(2,3)4)21-15(24)12-5-7-13(8-6-12)23-10-9-14(22-23)17(18,19)20/h5-11H,1-4H3,(H,21,24). The number of rotatable bonds is 3. The Morgan fingerprint density at radius 3 is 2.17 bits per heavy atom. The molecule has 24 heavy (non-hydrogen) atoms. The van der Waals surface area contributed by atoms with E-state index in [-0.39, 0.29) is 17.4 Å². The molecule has 0 saturated heterocycles. The number of benzene rings is 1. The van der Waals surface area contributed by atoms with Crippen LogP contribution in [0.2, 0.25) is 0 Å². The maximum Gasteiger partial charge on any atom is 0.435 e. The normalized spacial score (nSPS) is 13.6. The summed E-state index contributed by atoms with van der Waals surface area (Å²) in [6.45, 7) is 8.00. The fraction of sp³-hybridized carbons (Fsp3) is 0.412. The van der Waals surface area contributed by atoms with E-state index < -0.39 is 11.9 Å². The minimum Gasteiger partial charge on any atom is -0.349 e. The summed E-state index contributed by atoms with van der Waals surface area (Å²) in [6.07, 6.45) is -3.24. The van der Waals surface area contributed by atoms with E-state index in [1.54, 1.807) is 24.3 Å². The summed E-state index contributed by atoms with van der Waals surface area (Å²) in [6, 6.07) is 7.13. The first kappa shape index (κ1) is 18.0. The summed E-state index contributed by atoms with van der Waals surface area (Å²) >= 11 is 0. The molecule has 130 valence electrons. The number of aromatic nitrogens is 2. The van der Waals surface area contributed by atoms with Gasteiger partial charge in [0, 0.05) is 17.8 Å². The third kappa shape index (κ3) is 4.15. The Kier molecular flexibility index (Phi) is 4.73. The van der Waals surface area contributed by atoms with Gasteiger partial charge in [-0.1, -0.05) is 20.8 Å². The van der Waals surface area contributed by atoms with Crippen LogP contribution in [0.5, 0.6) is 0 Å². The molecule has 2 aromatic rings. The summed E-state index contributed by atoms with van der Waals surface area (Å²) in [5.41, 5.74) is -0.133. The predicted molar refractivity (Wildman–Crippen MR) is 84.9 cm³/mol. The predicted octanol–water partition coefficient (Wildman–Crippen LogP) is 4.06. The number of carbonyl (C=O) groups is 1. The van der Waals surface area contributed by atoms with Crippen LogP contribution in [0.4, 0.5) is 13.2 Å². The molecule has 0 spiro atoms. The molecule has 4 nitrogen and oxygen atoms in total. The van der Waals surface area contributed by atoms with Crippen molar-refractivity contribution in [3.8, 4) is 5.69 Å². The number of nitrogens with zero attached hydrogens (tertiary/aromatic N) is 2. The number of amides is 1. The highest BCUT2D eigenvalue weighted by atomic mass is 19.4. The molecule has 1 aromatic carbocycles. The number of hydrogen-bond acceptors (Lipinski definition) is 2. The fourth-order valence-electron chi connectivity index (χ4n) is 1.88. The first-order valence-corrected chi connectivity index (χ1v) is 7.52. The molecule has 1 unspecified atom stereocenters. The lowest BCUT2D eigenvalue weighted by Gasteiger charge is -2.28. The van der Waals surface area contributed by atoms with Crippen LogP contribution in [0.3, 0.4) is 0 Å². The first-order chi connectivity index (χ1) is 11.0. The monoisotopic (exact) mass is 339 g/mol. The Labute approximate surface area is 138 Å². The average molecular weight is 339 g/mol. The minimum absolute atomic E-state index is 0.0230. The van der Waals surface area contributed by atoms with E-state index in [1.165, 1.54) is 6.20 Å². The van der Waals surface area contributed by atoms with Gasteiger partial charge in [-0.3, -0.25) is 4.79 Å². The molecule has 2 rings (SSSR count). The Balaban J connectivity index is 2.13. The number of carbonyl (C=O) groups excluding carboxylic acids is 1. The van der Waals surface area contributed by atoms with E-state index in [0.717, 1.165) is 10.7 Å². The zero-order valence-electron chi connectivity index (χ0n) is 14.0. The van der Waals surface area contributed by atoms with Gasteiger partial charge in [0.1, 0.15) is 0 Å². The highest BCUT2D eigenvalue weighted by Crippen LogP contribution is 2.28. The van der Waals surface area contributed by atoms with Gasteiger partial charge in [0.05, 0.1) is 5.69 Å². The molecule has 0 aliphatic carbocycles. The van der Waals surface area contributed by atoms with Crippen molar-refractivity contribution in [1.82, 2.24) is 15.1 Å². The largest absolute Gasteiger partial charge is 0.435 e. The van der Waals surface area contributed by atoms with Crippen LogP contribution in [0.15, 0.2) is 36.5 Å². The molecule has 0 aliphatic rings. The number of alkyl halides is 3. The smallest absolute Gasteiger partial charge is 0.349 e. The summed E-state index contributed by atoms with van der Waals surface area (Å²) in [5.74, 6) is -0.222. The van der Waals surface area contributed by atoms with Gasteiger partial charge < -0.3 is 5.32 Å². The van der Waals surface area contributed by atoms with Crippen LogP contribution in [0, 0.1) is 5.41 Å². The Morgan fingerprint density at radius 1 is 1.12 bits per heavy atom. The van der Waals surface area contributed by atoms with Gasteiger partial charge in [0.15, 0.2) is 5.69 Å². The van der Waals surface area contributed by atoms with Crippen LogP contribution < -0.4 is 5.32 Å². The average Bonchev–Trinajstić information content (AvgIpc) is 2.96. The van der Waals surface area contributed by atoms with Crippen molar-refractivity contribution in [3.63, 3.8) is 0 Å². The molecule has 1 heterocycles. The summed E-state index contributed by atoms with van der Waals surface area (Å²) < 4.78 is 38.9. The van der Waals surface area contributed by atoms with Gasteiger partial charge in [-0.25, -0.2) is 4.68 Å². The van der Waals surface area contributed by atoms with Gasteiger partial charge in [0.2, 0.25) is 0 Å². The van der Waals surface area contributed by atoms with E-state index in [2.05, 4.69) is 10.4 Å². The Bertz CT molecular complexity index is 712. The molecular formula is C17H20F3N3O. The van der Waals surface area contributed by atoms with Gasteiger partial charge in [-0.05, 0) is 42.7 Å². The van der Waals surface area contributed by atoms with Crippen LogP contribution in [0.1, 0.15) is 43.7 Å². The molecule has 0 fully saturated rings. The summed E-state index contributed by atoms with van der Waals surface area (Å²) in [5, 5.41) is 6.41. The van der Waals surface area contributed by atoms with Crippen LogP contribution >= 0.6 is 0 Å². The number of nitrogens with one attached hydrogen (secondary N) is 1. The van der Waals surface area contributed by atoms with Gasteiger partial charge in [0.25, 0.3) is 5.91 Å². The van der Waals surface area contributed by atoms with Gasteiger partial charge >= 0.3 is 6.18 Å². The number of halogens is 3. The van der Waals surface area contributed by atoms with Crippen molar-refractivity contribution in [1.29, 1.82) is 0 Å². The van der Waals surface area contributed by atoms with Crippen molar-refractivity contribution in [2.45, 2.75) is 39.9 Å². The van der Waals surface area contributed by atoms with Crippen molar-refractivity contribution in [2.24, 2.45) is 5.41 Å². The molecule has 1 atom stereocenters. The lowest BCUT2D eigenvalue weighted by atomic mass is 9.88. The topological polar surface area (TPSA) is 46.9 Å². The van der Waals surface area contributed by atoms with Crippen LogP contribution in [-0.4, -0.2) is 21.7 Å². The number of hydrogen-bond donors (Lipinski definition) is 1. The van der Waals surface area contributed by atoms with Crippen LogP contribution in [0.25, 0.3) is 5.69 Å². The highest BCUT2D eigenvalue weighted by molar-refractivity contribution is 5.94. The maximum absolute atomic E-state index is 12.6. The van der Waals surface area contributed by atoms with Crippen molar-refractivity contribution < 1.29 is 18.0 Å². The zero-order valence-corrected chi connectivity index (χ0v) is 14.0. The summed E-state index contributed by atoms with van der Waals surface area (Å²) in [7, 11) is 0. The lowest BCUT2D eigenvalue weighted by molar-refractivity contribution is -0.141. The molecule has 1 amide bonds. The molecule has 0 aliphatic heterocycles. The van der Waals surface area contributed by atoms with E-state index in [4.69, 9.17) is 0 Å². The lowest BCUT2D eigenvalue weighted by Crippen LogP contribution is -2.41. The van der Waals surface area contributed by atoms with Gasteiger partial charge in [-0.15, -0.1) is 0 Å². The molecule has 0 bridgehead atoms. The molecule has 0 radical (unpaired) electrons. The van der Waals surface area contributed by atoms with Gasteiger partial charge in [-0.2, -0.15) is 18.3 Å². The summed E-state index contributed by atoms with van der Waals surface area (Å²) in [4.78, 5) is 12.2. The molecule has 1 N–H and O–H groups in total. The maximum atomic E-state index is 12.6. The third-order valence-corrected chi connectivity index (χ3v) is 3.92. The molecular weight excluding hydrogens is 319 g/mol. The SMILES string of the molecule is CC(NC(=O)c1ccc(-n2ccc(C(F)(F)F)n2)cc1)C(C)(C)C. The van der Waals surface area contributed by atoms with Crippen molar-refractivity contribution in [3.05, 3.63) is 47.8 Å². The Hall–Kier alpha value is -2.31. The van der Waals surface area contributed by atoms with E-state index in [0.29, 0.717) is 11.3 Å². The highest BCUT2D eigenvalue weighted by Gasteiger charge is 2.33. The van der Waals surface area contributed by atoms with E-state index >= 15 is 0 Å². The molecule has 7 heteroatoms. The fourth-order valence-corrected chi connectivity index (χ4v) is 1.88. The minimum atomic E-state index is -4.48. The van der Waals surface area contributed by atoms with Crippen molar-refractivity contribution in [2.75, 3.05) is 0 Å². The molecule has 1 aromatic heterocycles. The second kappa shape index (κ2) is 6.30. The second-order valence-corrected chi connectivity index (χ2v) is 6.75. The first-order valence-electron chi connectivity index (χ1n) is 7.52. The second-order valence-electron chi connectivity index (χ2n) is 6.75.